The Hall–Kier alpha value is -1.96. The molecule has 6 nitrogen and oxygen atoms in total. The van der Waals surface area contributed by atoms with Gasteiger partial charge in [-0.05, 0) is 50.9 Å². The van der Waals surface area contributed by atoms with Crippen LogP contribution in [0.1, 0.15) is 40.3 Å². The molecule has 3 rings (SSSR count). The lowest BCUT2D eigenvalue weighted by atomic mass is 10.1. The first-order valence-corrected chi connectivity index (χ1v) is 10.3. The molecule has 2 aromatic rings. The Labute approximate surface area is 164 Å². The number of likely N-dealkylation sites (tertiary alicyclic amines) is 1. The zero-order chi connectivity index (χ0) is 19.1. The number of aryl methyl sites for hydroxylation is 1. The number of hydrogen-bond acceptors (Lipinski definition) is 6. The van der Waals surface area contributed by atoms with Gasteiger partial charge in [-0.15, -0.1) is 11.3 Å². The third-order valence-corrected chi connectivity index (χ3v) is 5.39. The van der Waals surface area contributed by atoms with Crippen LogP contribution in [0, 0.1) is 6.92 Å². The summed E-state index contributed by atoms with van der Waals surface area (Å²) in [7, 11) is 0. The van der Waals surface area contributed by atoms with Crippen molar-refractivity contribution in [2.75, 3.05) is 26.2 Å². The summed E-state index contributed by atoms with van der Waals surface area (Å²) in [6.07, 6.45) is 2.86. The summed E-state index contributed by atoms with van der Waals surface area (Å²) >= 11 is 1.60. The molecule has 1 aromatic heterocycles. The number of piperidine rings is 1. The maximum absolute atomic E-state index is 12.8. The van der Waals surface area contributed by atoms with Gasteiger partial charge in [-0.1, -0.05) is 6.07 Å². The Kier molecular flexibility index (Phi) is 7.20. The molecule has 1 fully saturated rings. The second-order valence-corrected chi connectivity index (χ2v) is 7.74. The van der Waals surface area contributed by atoms with Crippen LogP contribution in [-0.4, -0.2) is 48.1 Å². The predicted octanol–water partition coefficient (Wildman–Crippen LogP) is 3.00. The first-order valence-electron chi connectivity index (χ1n) is 9.40. The van der Waals surface area contributed by atoms with Gasteiger partial charge in [-0.2, -0.15) is 0 Å². The van der Waals surface area contributed by atoms with Gasteiger partial charge in [0.15, 0.2) is 0 Å². The van der Waals surface area contributed by atoms with Gasteiger partial charge < -0.3 is 20.1 Å². The molecular weight excluding hydrogens is 362 g/mol. The van der Waals surface area contributed by atoms with E-state index in [4.69, 9.17) is 15.2 Å². The summed E-state index contributed by atoms with van der Waals surface area (Å²) in [6.45, 7) is 5.17. The van der Waals surface area contributed by atoms with Crippen LogP contribution in [0.15, 0.2) is 29.6 Å². The molecule has 146 valence electrons. The number of rotatable bonds is 8. The van der Waals surface area contributed by atoms with Crippen molar-refractivity contribution >= 4 is 17.2 Å². The van der Waals surface area contributed by atoms with E-state index in [0.29, 0.717) is 31.1 Å². The summed E-state index contributed by atoms with van der Waals surface area (Å²) in [5.41, 5.74) is 7.06. The molecule has 0 aliphatic carbocycles. The second-order valence-electron chi connectivity index (χ2n) is 6.68. The van der Waals surface area contributed by atoms with Crippen molar-refractivity contribution in [1.29, 1.82) is 0 Å². The van der Waals surface area contributed by atoms with Gasteiger partial charge in [0, 0.05) is 30.6 Å². The minimum Gasteiger partial charge on any atom is -0.487 e. The number of carbonyl (C=O) groups is 1. The fourth-order valence-corrected chi connectivity index (χ4v) is 3.69. The molecule has 0 unspecified atom stereocenters. The summed E-state index contributed by atoms with van der Waals surface area (Å²) in [4.78, 5) is 19.1. The Morgan fingerprint density at radius 1 is 1.37 bits per heavy atom. The summed E-state index contributed by atoms with van der Waals surface area (Å²) in [5.74, 6) is 0.733. The van der Waals surface area contributed by atoms with Gasteiger partial charge in [-0.3, -0.25) is 4.79 Å². The van der Waals surface area contributed by atoms with E-state index >= 15 is 0 Å². The highest BCUT2D eigenvalue weighted by Crippen LogP contribution is 2.20. The molecule has 0 radical (unpaired) electrons. The van der Waals surface area contributed by atoms with E-state index in [2.05, 4.69) is 4.98 Å². The van der Waals surface area contributed by atoms with Crippen LogP contribution >= 0.6 is 11.3 Å². The van der Waals surface area contributed by atoms with Crippen molar-refractivity contribution in [3.63, 3.8) is 0 Å². The Morgan fingerprint density at radius 2 is 2.19 bits per heavy atom. The van der Waals surface area contributed by atoms with Crippen LogP contribution in [0.5, 0.6) is 5.75 Å². The highest BCUT2D eigenvalue weighted by molar-refractivity contribution is 7.09. The fraction of sp³-hybridized carbons (Fsp3) is 0.500. The molecule has 0 saturated carbocycles. The first-order chi connectivity index (χ1) is 13.2. The molecule has 1 saturated heterocycles. The zero-order valence-electron chi connectivity index (χ0n) is 15.7. The van der Waals surface area contributed by atoms with Crippen molar-refractivity contribution in [3.05, 3.63) is 45.9 Å². The van der Waals surface area contributed by atoms with E-state index in [9.17, 15) is 4.79 Å². The average Bonchev–Trinajstić information content (AvgIpc) is 3.12. The van der Waals surface area contributed by atoms with Crippen molar-refractivity contribution in [1.82, 2.24) is 9.88 Å². The highest BCUT2D eigenvalue weighted by Gasteiger charge is 2.24. The number of nitrogens with zero attached hydrogens (tertiary/aromatic N) is 2. The molecule has 2 heterocycles. The van der Waals surface area contributed by atoms with Crippen LogP contribution in [0.25, 0.3) is 0 Å². The van der Waals surface area contributed by atoms with E-state index < -0.39 is 0 Å². The van der Waals surface area contributed by atoms with Crippen LogP contribution in [0.4, 0.5) is 0 Å². The van der Waals surface area contributed by atoms with E-state index in [0.717, 1.165) is 43.1 Å². The fourth-order valence-electron chi connectivity index (χ4n) is 3.09. The number of carbonyl (C=O) groups excluding carboxylic acids is 1. The molecule has 1 aliphatic heterocycles. The zero-order valence-corrected chi connectivity index (χ0v) is 16.5. The number of ether oxygens (including phenoxy) is 2. The van der Waals surface area contributed by atoms with Crippen LogP contribution in [0.3, 0.4) is 0 Å². The van der Waals surface area contributed by atoms with Crippen molar-refractivity contribution < 1.29 is 14.3 Å². The summed E-state index contributed by atoms with van der Waals surface area (Å²) < 4.78 is 11.6. The highest BCUT2D eigenvalue weighted by atomic mass is 32.1. The lowest BCUT2D eigenvalue weighted by molar-refractivity contribution is 0.00843. The molecule has 0 spiro atoms. The van der Waals surface area contributed by atoms with Gasteiger partial charge in [0.2, 0.25) is 0 Å². The molecule has 1 aromatic carbocycles. The number of thiazole rings is 1. The van der Waals surface area contributed by atoms with E-state index in [1.54, 1.807) is 11.3 Å². The molecule has 1 amide bonds. The maximum Gasteiger partial charge on any atom is 0.253 e. The van der Waals surface area contributed by atoms with Gasteiger partial charge in [0.05, 0.1) is 16.8 Å². The molecule has 1 aliphatic rings. The van der Waals surface area contributed by atoms with Gasteiger partial charge in [0.25, 0.3) is 5.91 Å². The van der Waals surface area contributed by atoms with E-state index in [1.165, 1.54) is 0 Å². The van der Waals surface area contributed by atoms with Crippen LogP contribution in [0.2, 0.25) is 0 Å². The third kappa shape index (κ3) is 5.76. The number of benzene rings is 1. The minimum atomic E-state index is 0.0466. The van der Waals surface area contributed by atoms with Crippen molar-refractivity contribution in [2.45, 2.75) is 38.9 Å². The van der Waals surface area contributed by atoms with Crippen LogP contribution < -0.4 is 10.5 Å². The first kappa shape index (κ1) is 19.8. The lowest BCUT2D eigenvalue weighted by Gasteiger charge is -2.32. The van der Waals surface area contributed by atoms with Gasteiger partial charge in [-0.25, -0.2) is 4.98 Å². The lowest BCUT2D eigenvalue weighted by Crippen LogP contribution is -2.41. The summed E-state index contributed by atoms with van der Waals surface area (Å²) in [5, 5.41) is 3.01. The SMILES string of the molecule is Cc1nc(COc2cccc(C(=O)N3CCC(OCCCN)CC3)c2)cs1. The van der Waals surface area contributed by atoms with Crippen LogP contribution in [-0.2, 0) is 11.3 Å². The Bertz CT molecular complexity index is 742. The third-order valence-electron chi connectivity index (χ3n) is 4.57. The molecule has 0 atom stereocenters. The Morgan fingerprint density at radius 3 is 2.89 bits per heavy atom. The molecular formula is C20H27N3O3S. The average molecular weight is 390 g/mol. The Balaban J connectivity index is 1.51. The molecule has 27 heavy (non-hydrogen) atoms. The molecule has 0 bridgehead atoms. The quantitative estimate of drug-likeness (QED) is 0.702. The van der Waals surface area contributed by atoms with Crippen molar-refractivity contribution in [2.24, 2.45) is 5.73 Å². The second kappa shape index (κ2) is 9.82. The normalized spacial score (nSPS) is 15.1. The number of aromatic nitrogens is 1. The smallest absolute Gasteiger partial charge is 0.253 e. The van der Waals surface area contributed by atoms with Gasteiger partial charge >= 0.3 is 0 Å². The van der Waals surface area contributed by atoms with E-state index in [1.807, 2.05) is 41.5 Å². The molecule has 2 N–H and O–H groups in total. The minimum absolute atomic E-state index is 0.0466. The monoisotopic (exact) mass is 389 g/mol. The maximum atomic E-state index is 12.8. The van der Waals surface area contributed by atoms with Gasteiger partial charge in [0.1, 0.15) is 12.4 Å². The largest absolute Gasteiger partial charge is 0.487 e. The standard InChI is InChI=1S/C20H27N3O3S/c1-15-22-17(14-27-15)13-26-19-5-2-4-16(12-19)20(24)23-9-6-18(7-10-23)25-11-3-8-21/h2,4-5,12,14,18H,3,6-11,13,21H2,1H3. The van der Waals surface area contributed by atoms with Crippen molar-refractivity contribution in [3.8, 4) is 5.75 Å². The topological polar surface area (TPSA) is 77.7 Å². The number of nitrogens with two attached hydrogens (primary N) is 1. The predicted molar refractivity (Wildman–Crippen MR) is 106 cm³/mol. The number of amides is 1. The van der Waals surface area contributed by atoms with E-state index in [-0.39, 0.29) is 12.0 Å². The summed E-state index contributed by atoms with van der Waals surface area (Å²) in [6, 6.07) is 7.38. The molecule has 7 heteroatoms. The number of hydrogen-bond donors (Lipinski definition) is 1.